The highest BCUT2D eigenvalue weighted by Gasteiger charge is 2.26. The molecule has 0 spiro atoms. The van der Waals surface area contributed by atoms with Gasteiger partial charge in [0.1, 0.15) is 0 Å². The van der Waals surface area contributed by atoms with Gasteiger partial charge in [0.25, 0.3) is 0 Å². The summed E-state index contributed by atoms with van der Waals surface area (Å²) < 4.78 is 16.8. The van der Waals surface area contributed by atoms with Gasteiger partial charge >= 0.3 is 0 Å². The van der Waals surface area contributed by atoms with Gasteiger partial charge in [0.15, 0.2) is 11.5 Å². The third-order valence-electron chi connectivity index (χ3n) is 4.42. The number of amides is 2. The summed E-state index contributed by atoms with van der Waals surface area (Å²) in [5, 5.41) is 2.85. The number of ether oxygens (including phenoxy) is 3. The summed E-state index contributed by atoms with van der Waals surface area (Å²) in [6.07, 6.45) is 0.0472. The van der Waals surface area contributed by atoms with E-state index in [1.165, 1.54) is 0 Å². The first kappa shape index (κ1) is 23.0. The van der Waals surface area contributed by atoms with Gasteiger partial charge in [0.2, 0.25) is 11.8 Å². The molecule has 8 nitrogen and oxygen atoms in total. The second-order valence-electron chi connectivity index (χ2n) is 7.30. The van der Waals surface area contributed by atoms with Crippen LogP contribution in [0.1, 0.15) is 27.7 Å². The number of likely N-dealkylation sites (N-methyl/N-ethyl adjacent to an activating group) is 1. The molecule has 1 aliphatic rings. The number of hydrogen-bond acceptors (Lipinski definition) is 6. The molecule has 1 saturated heterocycles. The molecule has 0 unspecified atom stereocenters. The minimum absolute atomic E-state index is 0.00185. The van der Waals surface area contributed by atoms with E-state index >= 15 is 0 Å². The molecule has 8 heteroatoms. The van der Waals surface area contributed by atoms with Crippen LogP contribution in [0.4, 0.5) is 5.69 Å². The van der Waals surface area contributed by atoms with Crippen molar-refractivity contribution in [3.05, 3.63) is 18.2 Å². The summed E-state index contributed by atoms with van der Waals surface area (Å²) in [5.74, 6) is 1.04. The molecule has 1 fully saturated rings. The van der Waals surface area contributed by atoms with Gasteiger partial charge in [-0.1, -0.05) is 0 Å². The molecule has 1 aromatic carbocycles. The van der Waals surface area contributed by atoms with Gasteiger partial charge in [0, 0.05) is 24.8 Å². The van der Waals surface area contributed by atoms with Gasteiger partial charge < -0.3 is 24.4 Å². The average Bonchev–Trinajstić information content (AvgIpc) is 2.63. The van der Waals surface area contributed by atoms with Crippen molar-refractivity contribution >= 4 is 17.5 Å². The average molecular weight is 408 g/mol. The molecule has 1 aliphatic heterocycles. The highest BCUT2D eigenvalue weighted by Crippen LogP contribution is 2.30. The van der Waals surface area contributed by atoms with Crippen molar-refractivity contribution < 1.29 is 23.8 Å². The molecule has 29 heavy (non-hydrogen) atoms. The predicted octanol–water partition coefficient (Wildman–Crippen LogP) is 1.99. The number of morpholine rings is 1. The van der Waals surface area contributed by atoms with Crippen LogP contribution in [0.5, 0.6) is 11.5 Å². The number of nitrogens with zero attached hydrogens (tertiary/aromatic N) is 2. The first-order valence-electron chi connectivity index (χ1n) is 10.1. The lowest BCUT2D eigenvalue weighted by Gasteiger charge is -2.36. The van der Waals surface area contributed by atoms with Crippen LogP contribution < -0.4 is 14.8 Å². The minimum Gasteiger partial charge on any atom is -0.490 e. The molecular weight excluding hydrogens is 374 g/mol. The van der Waals surface area contributed by atoms with E-state index in [0.717, 1.165) is 0 Å². The van der Waals surface area contributed by atoms with Crippen molar-refractivity contribution in [3.8, 4) is 11.5 Å². The Balaban J connectivity index is 1.88. The van der Waals surface area contributed by atoms with Crippen molar-refractivity contribution in [1.29, 1.82) is 0 Å². The lowest BCUT2D eigenvalue weighted by Crippen LogP contribution is -2.51. The lowest BCUT2D eigenvalue weighted by molar-refractivity contribution is -0.144. The standard InChI is InChI=1S/C21H33N3O5/c1-6-27-18-9-8-17(10-19(18)28-7-2)22-20(25)13-23(5)14-21(26)24-11-15(3)29-16(4)12-24/h8-10,15-16H,6-7,11-14H2,1-5H3,(H,22,25)/t15-,16-/m1/s1. The maximum Gasteiger partial charge on any atom is 0.238 e. The monoisotopic (exact) mass is 407 g/mol. The van der Waals surface area contributed by atoms with Crippen molar-refractivity contribution in [2.45, 2.75) is 39.9 Å². The summed E-state index contributed by atoms with van der Waals surface area (Å²) in [5.41, 5.74) is 0.623. The fourth-order valence-corrected chi connectivity index (χ4v) is 3.34. The maximum absolute atomic E-state index is 12.5. The number of rotatable bonds is 9. The molecule has 1 aromatic rings. The molecule has 0 aliphatic carbocycles. The number of carbonyl (C=O) groups is 2. The van der Waals surface area contributed by atoms with E-state index in [4.69, 9.17) is 14.2 Å². The topological polar surface area (TPSA) is 80.3 Å². The van der Waals surface area contributed by atoms with Gasteiger partial charge in [-0.25, -0.2) is 0 Å². The van der Waals surface area contributed by atoms with Gasteiger partial charge in [0.05, 0.1) is 38.5 Å². The van der Waals surface area contributed by atoms with Gasteiger partial charge in [-0.05, 0) is 46.9 Å². The van der Waals surface area contributed by atoms with E-state index in [9.17, 15) is 9.59 Å². The number of carbonyl (C=O) groups excluding carboxylic acids is 2. The summed E-state index contributed by atoms with van der Waals surface area (Å²) in [7, 11) is 1.76. The van der Waals surface area contributed by atoms with Crippen molar-refractivity contribution in [2.75, 3.05) is 51.8 Å². The van der Waals surface area contributed by atoms with Crippen LogP contribution >= 0.6 is 0 Å². The van der Waals surface area contributed by atoms with E-state index in [1.54, 1.807) is 35.0 Å². The SMILES string of the molecule is CCOc1ccc(NC(=O)CN(C)CC(=O)N2C[C@@H](C)O[C@H](C)C2)cc1OCC. The predicted molar refractivity (Wildman–Crippen MR) is 111 cm³/mol. The number of anilines is 1. The smallest absolute Gasteiger partial charge is 0.238 e. The fraction of sp³-hybridized carbons (Fsp3) is 0.619. The molecular formula is C21H33N3O5. The van der Waals surface area contributed by atoms with Crippen molar-refractivity contribution in [2.24, 2.45) is 0 Å². The minimum atomic E-state index is -0.198. The second kappa shape index (κ2) is 11.0. The van der Waals surface area contributed by atoms with Crippen LogP contribution in [-0.4, -0.2) is 80.3 Å². The molecule has 162 valence electrons. The number of benzene rings is 1. The summed E-state index contributed by atoms with van der Waals surface area (Å²) in [6, 6.07) is 5.29. The van der Waals surface area contributed by atoms with Crippen LogP contribution in [0.15, 0.2) is 18.2 Å². The Kier molecular flexibility index (Phi) is 8.72. The third-order valence-corrected chi connectivity index (χ3v) is 4.42. The fourth-order valence-electron chi connectivity index (χ4n) is 3.34. The normalized spacial score (nSPS) is 19.2. The molecule has 1 N–H and O–H groups in total. The Hall–Kier alpha value is -2.32. The molecule has 1 heterocycles. The van der Waals surface area contributed by atoms with Gasteiger partial charge in [-0.2, -0.15) is 0 Å². The summed E-state index contributed by atoms with van der Waals surface area (Å²) in [6.45, 7) is 10.2. The Bertz CT molecular complexity index is 687. The summed E-state index contributed by atoms with van der Waals surface area (Å²) >= 11 is 0. The van der Waals surface area contributed by atoms with Crippen LogP contribution in [-0.2, 0) is 14.3 Å². The molecule has 2 amide bonds. The Morgan fingerprint density at radius 1 is 1.10 bits per heavy atom. The van der Waals surface area contributed by atoms with E-state index in [1.807, 2.05) is 27.7 Å². The van der Waals surface area contributed by atoms with Gasteiger partial charge in [-0.15, -0.1) is 0 Å². The first-order chi connectivity index (χ1) is 13.8. The molecule has 0 aromatic heterocycles. The quantitative estimate of drug-likeness (QED) is 0.674. The Morgan fingerprint density at radius 2 is 1.72 bits per heavy atom. The van der Waals surface area contributed by atoms with Gasteiger partial charge in [-0.3, -0.25) is 14.5 Å². The lowest BCUT2D eigenvalue weighted by atomic mass is 10.2. The van der Waals surface area contributed by atoms with E-state index in [2.05, 4.69) is 5.32 Å². The molecule has 0 radical (unpaired) electrons. The van der Waals surface area contributed by atoms with Crippen molar-refractivity contribution in [3.63, 3.8) is 0 Å². The molecule has 2 rings (SSSR count). The number of hydrogen-bond donors (Lipinski definition) is 1. The largest absolute Gasteiger partial charge is 0.490 e. The highest BCUT2D eigenvalue weighted by atomic mass is 16.5. The first-order valence-corrected chi connectivity index (χ1v) is 10.1. The van der Waals surface area contributed by atoms with Crippen LogP contribution in [0.25, 0.3) is 0 Å². The third kappa shape index (κ3) is 7.21. The molecule has 2 atom stereocenters. The van der Waals surface area contributed by atoms with Crippen LogP contribution in [0.2, 0.25) is 0 Å². The Labute approximate surface area is 173 Å². The van der Waals surface area contributed by atoms with E-state index in [0.29, 0.717) is 43.5 Å². The van der Waals surface area contributed by atoms with E-state index < -0.39 is 0 Å². The second-order valence-corrected chi connectivity index (χ2v) is 7.30. The van der Waals surface area contributed by atoms with Crippen LogP contribution in [0, 0.1) is 0 Å². The van der Waals surface area contributed by atoms with Crippen LogP contribution in [0.3, 0.4) is 0 Å². The zero-order chi connectivity index (χ0) is 21.4. The zero-order valence-corrected chi connectivity index (χ0v) is 18.1. The highest BCUT2D eigenvalue weighted by molar-refractivity contribution is 5.93. The summed E-state index contributed by atoms with van der Waals surface area (Å²) in [4.78, 5) is 28.4. The number of nitrogens with one attached hydrogen (secondary N) is 1. The Morgan fingerprint density at radius 3 is 2.34 bits per heavy atom. The van der Waals surface area contributed by atoms with E-state index in [-0.39, 0.29) is 37.1 Å². The molecule has 0 bridgehead atoms. The maximum atomic E-state index is 12.5. The molecule has 0 saturated carbocycles. The van der Waals surface area contributed by atoms with Crippen molar-refractivity contribution in [1.82, 2.24) is 9.80 Å². The zero-order valence-electron chi connectivity index (χ0n) is 18.1.